The lowest BCUT2D eigenvalue weighted by Gasteiger charge is -2.24. The SMILES string of the molecule is COC(=O)C1CCNc2cc(Cl)ccc21. The Morgan fingerprint density at radius 3 is 3.13 bits per heavy atom. The second kappa shape index (κ2) is 4.11. The van der Waals surface area contributed by atoms with Crippen LogP contribution in [-0.4, -0.2) is 19.6 Å². The zero-order valence-corrected chi connectivity index (χ0v) is 9.17. The number of halogens is 1. The van der Waals surface area contributed by atoms with Crippen LogP contribution in [0.25, 0.3) is 0 Å². The van der Waals surface area contributed by atoms with Gasteiger partial charge in [0.15, 0.2) is 0 Å². The lowest BCUT2D eigenvalue weighted by molar-refractivity contribution is -0.142. The van der Waals surface area contributed by atoms with Gasteiger partial charge in [0.25, 0.3) is 0 Å². The standard InChI is InChI=1S/C11H12ClNO2/c1-15-11(14)9-4-5-13-10-6-7(12)2-3-8(9)10/h2-3,6,9,13H,4-5H2,1H3. The summed E-state index contributed by atoms with van der Waals surface area (Å²) >= 11 is 5.88. The van der Waals surface area contributed by atoms with E-state index in [1.165, 1.54) is 7.11 Å². The minimum atomic E-state index is -0.180. The highest BCUT2D eigenvalue weighted by atomic mass is 35.5. The van der Waals surface area contributed by atoms with Crippen molar-refractivity contribution in [3.05, 3.63) is 28.8 Å². The fourth-order valence-electron chi connectivity index (χ4n) is 1.88. The van der Waals surface area contributed by atoms with Crippen molar-refractivity contribution < 1.29 is 9.53 Å². The lowest BCUT2D eigenvalue weighted by Crippen LogP contribution is -2.23. The van der Waals surface area contributed by atoms with E-state index in [0.29, 0.717) is 5.02 Å². The molecule has 0 aliphatic carbocycles. The molecule has 1 aromatic rings. The summed E-state index contributed by atoms with van der Waals surface area (Å²) in [5.41, 5.74) is 1.90. The van der Waals surface area contributed by atoms with Crippen molar-refractivity contribution in [2.75, 3.05) is 19.0 Å². The van der Waals surface area contributed by atoms with Gasteiger partial charge in [0, 0.05) is 17.3 Å². The van der Waals surface area contributed by atoms with Gasteiger partial charge in [0.05, 0.1) is 13.0 Å². The van der Waals surface area contributed by atoms with Gasteiger partial charge in [-0.2, -0.15) is 0 Å². The molecule has 0 amide bonds. The van der Waals surface area contributed by atoms with E-state index in [1.807, 2.05) is 12.1 Å². The van der Waals surface area contributed by atoms with Crippen LogP contribution in [0.1, 0.15) is 17.9 Å². The number of benzene rings is 1. The Bertz CT molecular complexity index is 392. The molecule has 1 heterocycles. The molecule has 2 rings (SSSR count). The smallest absolute Gasteiger partial charge is 0.313 e. The third-order valence-corrected chi connectivity index (χ3v) is 2.86. The molecule has 4 heteroatoms. The Hall–Kier alpha value is -1.22. The maximum absolute atomic E-state index is 11.5. The number of ether oxygens (including phenoxy) is 1. The number of rotatable bonds is 1. The van der Waals surface area contributed by atoms with E-state index >= 15 is 0 Å². The van der Waals surface area contributed by atoms with Crippen molar-refractivity contribution in [2.45, 2.75) is 12.3 Å². The van der Waals surface area contributed by atoms with E-state index in [2.05, 4.69) is 5.32 Å². The van der Waals surface area contributed by atoms with Crippen molar-refractivity contribution in [2.24, 2.45) is 0 Å². The molecule has 15 heavy (non-hydrogen) atoms. The summed E-state index contributed by atoms with van der Waals surface area (Å²) in [5.74, 6) is -0.344. The average molecular weight is 226 g/mol. The average Bonchev–Trinajstić information content (AvgIpc) is 2.26. The Morgan fingerprint density at radius 1 is 1.60 bits per heavy atom. The molecule has 0 saturated carbocycles. The number of carbonyl (C=O) groups is 1. The van der Waals surface area contributed by atoms with Crippen LogP contribution in [-0.2, 0) is 9.53 Å². The zero-order chi connectivity index (χ0) is 10.8. The number of nitrogens with one attached hydrogen (secondary N) is 1. The van der Waals surface area contributed by atoms with Gasteiger partial charge in [-0.3, -0.25) is 4.79 Å². The summed E-state index contributed by atoms with van der Waals surface area (Å²) in [7, 11) is 1.42. The molecule has 0 saturated heterocycles. The van der Waals surface area contributed by atoms with Crippen LogP contribution in [0.15, 0.2) is 18.2 Å². The number of esters is 1. The first-order valence-corrected chi connectivity index (χ1v) is 5.21. The highest BCUT2D eigenvalue weighted by Gasteiger charge is 2.26. The zero-order valence-electron chi connectivity index (χ0n) is 8.42. The first kappa shape index (κ1) is 10.3. The van der Waals surface area contributed by atoms with Crippen LogP contribution < -0.4 is 5.32 Å². The first-order chi connectivity index (χ1) is 7.22. The molecular formula is C11H12ClNO2. The van der Waals surface area contributed by atoms with Gasteiger partial charge in [-0.05, 0) is 24.1 Å². The number of hydrogen-bond donors (Lipinski definition) is 1. The largest absolute Gasteiger partial charge is 0.469 e. The van der Waals surface area contributed by atoms with E-state index in [9.17, 15) is 4.79 Å². The van der Waals surface area contributed by atoms with Gasteiger partial charge in [0.1, 0.15) is 0 Å². The van der Waals surface area contributed by atoms with Gasteiger partial charge in [-0.25, -0.2) is 0 Å². The molecule has 0 aromatic heterocycles. The molecule has 1 atom stereocenters. The molecule has 1 N–H and O–H groups in total. The number of fused-ring (bicyclic) bond motifs is 1. The van der Waals surface area contributed by atoms with Gasteiger partial charge < -0.3 is 10.1 Å². The molecule has 1 aromatic carbocycles. The highest BCUT2D eigenvalue weighted by Crippen LogP contribution is 2.33. The minimum Gasteiger partial charge on any atom is -0.469 e. The van der Waals surface area contributed by atoms with E-state index in [1.54, 1.807) is 6.07 Å². The molecule has 80 valence electrons. The molecule has 1 aliphatic rings. The fourth-order valence-corrected chi connectivity index (χ4v) is 2.05. The third kappa shape index (κ3) is 1.92. The first-order valence-electron chi connectivity index (χ1n) is 4.83. The van der Waals surface area contributed by atoms with Crippen molar-refractivity contribution in [1.29, 1.82) is 0 Å². The van der Waals surface area contributed by atoms with Crippen LogP contribution in [0, 0.1) is 0 Å². The second-order valence-electron chi connectivity index (χ2n) is 3.52. The number of carbonyl (C=O) groups excluding carboxylic acids is 1. The van der Waals surface area contributed by atoms with Crippen LogP contribution in [0.5, 0.6) is 0 Å². The van der Waals surface area contributed by atoms with Crippen molar-refractivity contribution in [3.8, 4) is 0 Å². The maximum atomic E-state index is 11.5. The normalized spacial score (nSPS) is 18.9. The molecule has 3 nitrogen and oxygen atoms in total. The van der Waals surface area contributed by atoms with E-state index in [4.69, 9.17) is 16.3 Å². The molecular weight excluding hydrogens is 214 g/mol. The lowest BCUT2D eigenvalue weighted by atomic mass is 9.91. The van der Waals surface area contributed by atoms with Crippen molar-refractivity contribution in [3.63, 3.8) is 0 Å². The predicted molar refractivity (Wildman–Crippen MR) is 59.3 cm³/mol. The minimum absolute atomic E-state index is 0.163. The topological polar surface area (TPSA) is 38.3 Å². The summed E-state index contributed by atoms with van der Waals surface area (Å²) in [4.78, 5) is 11.5. The third-order valence-electron chi connectivity index (χ3n) is 2.62. The van der Waals surface area contributed by atoms with E-state index in [-0.39, 0.29) is 11.9 Å². The highest BCUT2D eigenvalue weighted by molar-refractivity contribution is 6.30. The van der Waals surface area contributed by atoms with Crippen LogP contribution >= 0.6 is 11.6 Å². The van der Waals surface area contributed by atoms with Gasteiger partial charge in [-0.1, -0.05) is 17.7 Å². The number of anilines is 1. The molecule has 0 bridgehead atoms. The summed E-state index contributed by atoms with van der Waals surface area (Å²) in [6.45, 7) is 0.771. The van der Waals surface area contributed by atoms with E-state index < -0.39 is 0 Å². The van der Waals surface area contributed by atoms with Crippen LogP contribution in [0.4, 0.5) is 5.69 Å². The second-order valence-corrected chi connectivity index (χ2v) is 3.96. The molecule has 1 unspecified atom stereocenters. The Balaban J connectivity index is 2.38. The van der Waals surface area contributed by atoms with Crippen molar-refractivity contribution in [1.82, 2.24) is 0 Å². The Labute approximate surface area is 93.4 Å². The van der Waals surface area contributed by atoms with Gasteiger partial charge >= 0.3 is 5.97 Å². The van der Waals surface area contributed by atoms with Gasteiger partial charge in [-0.15, -0.1) is 0 Å². The molecule has 0 radical (unpaired) electrons. The predicted octanol–water partition coefficient (Wildman–Crippen LogP) is 2.41. The molecule has 1 aliphatic heterocycles. The Kier molecular flexibility index (Phi) is 2.82. The van der Waals surface area contributed by atoms with Gasteiger partial charge in [0.2, 0.25) is 0 Å². The number of hydrogen-bond acceptors (Lipinski definition) is 3. The molecule has 0 fully saturated rings. The maximum Gasteiger partial charge on any atom is 0.313 e. The fraction of sp³-hybridized carbons (Fsp3) is 0.364. The summed E-state index contributed by atoms with van der Waals surface area (Å²) in [6, 6.07) is 5.51. The van der Waals surface area contributed by atoms with Crippen LogP contribution in [0.3, 0.4) is 0 Å². The Morgan fingerprint density at radius 2 is 2.40 bits per heavy atom. The monoisotopic (exact) mass is 225 g/mol. The van der Waals surface area contributed by atoms with Crippen molar-refractivity contribution >= 4 is 23.3 Å². The number of methoxy groups -OCH3 is 1. The summed E-state index contributed by atoms with van der Waals surface area (Å²) in [6.07, 6.45) is 0.765. The molecule has 0 spiro atoms. The summed E-state index contributed by atoms with van der Waals surface area (Å²) in [5, 5.41) is 3.89. The van der Waals surface area contributed by atoms with Crippen LogP contribution in [0.2, 0.25) is 5.02 Å². The summed E-state index contributed by atoms with van der Waals surface area (Å²) < 4.78 is 4.78. The quantitative estimate of drug-likeness (QED) is 0.746. The van der Waals surface area contributed by atoms with E-state index in [0.717, 1.165) is 24.2 Å².